The first-order chi connectivity index (χ1) is 15.6. The van der Waals surface area contributed by atoms with Crippen LogP contribution < -0.4 is 9.62 Å². The number of hydrogen-bond acceptors (Lipinski definition) is 6. The Hall–Kier alpha value is -2.89. The second kappa shape index (κ2) is 8.81. The maximum Gasteiger partial charge on any atom is 0.261 e. The van der Waals surface area contributed by atoms with E-state index in [1.54, 1.807) is 12.1 Å². The zero-order valence-corrected chi connectivity index (χ0v) is 20.4. The zero-order valence-electron chi connectivity index (χ0n) is 18.8. The molecule has 2 aromatic carbocycles. The van der Waals surface area contributed by atoms with Crippen LogP contribution in [0.1, 0.15) is 17.9 Å². The molecule has 1 N–H and O–H groups in total. The Kier molecular flexibility index (Phi) is 6.21. The lowest BCUT2D eigenvalue weighted by Crippen LogP contribution is -2.22. The van der Waals surface area contributed by atoms with Gasteiger partial charge in [-0.1, -0.05) is 12.1 Å². The highest BCUT2D eigenvalue weighted by atomic mass is 32.2. The molecule has 0 bridgehead atoms. The summed E-state index contributed by atoms with van der Waals surface area (Å²) in [6.07, 6.45) is 4.15. The number of para-hydroxylation sites is 2. The minimum absolute atomic E-state index is 0.0248. The topological polar surface area (TPSA) is 105 Å². The number of aromatic nitrogens is 2. The molecule has 176 valence electrons. The third-order valence-electron chi connectivity index (χ3n) is 5.58. The minimum atomic E-state index is -3.93. The van der Waals surface area contributed by atoms with E-state index in [0.717, 1.165) is 35.2 Å². The second-order valence-corrected chi connectivity index (χ2v) is 12.0. The number of rotatable bonds is 8. The van der Waals surface area contributed by atoms with Crippen LogP contribution >= 0.6 is 0 Å². The Morgan fingerprint density at radius 1 is 0.970 bits per heavy atom. The van der Waals surface area contributed by atoms with E-state index in [9.17, 15) is 16.8 Å². The standard InChI is InChI=1S/C22H27N5O4S2/c1-25(2)33(30,31)19-12-10-18(11-13-19)32(28,29)24-20-7-4-5-8-21(20)26(3)15-17-16-27-14-6-9-22(27)23-17/h4-5,7-8,10-13,16,24H,6,9,14-15H2,1-3H3. The molecular formula is C22H27N5O4S2. The third-order valence-corrected chi connectivity index (χ3v) is 8.79. The smallest absolute Gasteiger partial charge is 0.261 e. The van der Waals surface area contributed by atoms with Crippen molar-refractivity contribution in [1.82, 2.24) is 13.9 Å². The van der Waals surface area contributed by atoms with E-state index in [2.05, 4.69) is 20.5 Å². The van der Waals surface area contributed by atoms with Crippen LogP contribution in [0.2, 0.25) is 0 Å². The van der Waals surface area contributed by atoms with E-state index in [-0.39, 0.29) is 9.79 Å². The van der Waals surface area contributed by atoms with Crippen molar-refractivity contribution < 1.29 is 16.8 Å². The van der Waals surface area contributed by atoms with Crippen LogP contribution in [0.3, 0.4) is 0 Å². The van der Waals surface area contributed by atoms with Gasteiger partial charge in [0.15, 0.2) is 0 Å². The van der Waals surface area contributed by atoms with E-state index in [4.69, 9.17) is 0 Å². The number of benzene rings is 2. The molecule has 0 amide bonds. The van der Waals surface area contributed by atoms with Crippen molar-refractivity contribution >= 4 is 31.4 Å². The number of anilines is 2. The van der Waals surface area contributed by atoms with Crippen LogP contribution in [0.25, 0.3) is 0 Å². The van der Waals surface area contributed by atoms with Crippen molar-refractivity contribution in [1.29, 1.82) is 0 Å². The van der Waals surface area contributed by atoms with Crippen LogP contribution in [0.4, 0.5) is 11.4 Å². The summed E-state index contributed by atoms with van der Waals surface area (Å²) in [6, 6.07) is 12.3. The van der Waals surface area contributed by atoms with E-state index < -0.39 is 20.0 Å². The molecule has 0 saturated carbocycles. The molecule has 0 aliphatic carbocycles. The normalized spacial score (nSPS) is 13.8. The van der Waals surface area contributed by atoms with Crippen molar-refractivity contribution in [3.63, 3.8) is 0 Å². The summed E-state index contributed by atoms with van der Waals surface area (Å²) in [5.74, 6) is 1.09. The van der Waals surface area contributed by atoms with Gasteiger partial charge in [0, 0.05) is 40.3 Å². The molecule has 0 radical (unpaired) electrons. The number of nitrogens with zero attached hydrogens (tertiary/aromatic N) is 4. The lowest BCUT2D eigenvalue weighted by Gasteiger charge is -2.22. The summed E-state index contributed by atoms with van der Waals surface area (Å²) in [5.41, 5.74) is 2.07. The predicted octanol–water partition coefficient (Wildman–Crippen LogP) is 2.52. The summed E-state index contributed by atoms with van der Waals surface area (Å²) in [5, 5.41) is 0. The first kappa shape index (κ1) is 23.3. The fourth-order valence-electron chi connectivity index (χ4n) is 3.82. The van der Waals surface area contributed by atoms with Crippen molar-refractivity contribution in [2.24, 2.45) is 0 Å². The van der Waals surface area contributed by atoms with Gasteiger partial charge in [0.25, 0.3) is 10.0 Å². The van der Waals surface area contributed by atoms with Gasteiger partial charge < -0.3 is 9.47 Å². The molecule has 1 aliphatic heterocycles. The van der Waals surface area contributed by atoms with Gasteiger partial charge in [0.1, 0.15) is 5.82 Å². The molecule has 1 aliphatic rings. The molecular weight excluding hydrogens is 462 g/mol. The molecule has 0 saturated heterocycles. The Morgan fingerprint density at radius 2 is 1.64 bits per heavy atom. The van der Waals surface area contributed by atoms with Crippen LogP contribution in [0, 0.1) is 0 Å². The molecule has 1 aromatic heterocycles. The Balaban J connectivity index is 1.55. The molecule has 0 unspecified atom stereocenters. The largest absolute Gasteiger partial charge is 0.367 e. The van der Waals surface area contributed by atoms with Gasteiger partial charge >= 0.3 is 0 Å². The summed E-state index contributed by atoms with van der Waals surface area (Å²) in [7, 11) is -2.83. The SMILES string of the molecule is CN(Cc1cn2c(n1)CCC2)c1ccccc1NS(=O)(=O)c1ccc(S(=O)(=O)N(C)C)cc1. The van der Waals surface area contributed by atoms with E-state index in [1.165, 1.54) is 38.4 Å². The molecule has 0 fully saturated rings. The number of imidazole rings is 1. The van der Waals surface area contributed by atoms with Crippen molar-refractivity contribution in [2.75, 3.05) is 30.8 Å². The molecule has 33 heavy (non-hydrogen) atoms. The van der Waals surface area contributed by atoms with Crippen LogP contribution in [0.15, 0.2) is 64.5 Å². The van der Waals surface area contributed by atoms with E-state index in [1.807, 2.05) is 24.1 Å². The highest BCUT2D eigenvalue weighted by Crippen LogP contribution is 2.29. The minimum Gasteiger partial charge on any atom is -0.367 e. The van der Waals surface area contributed by atoms with Gasteiger partial charge in [-0.05, 0) is 42.8 Å². The first-order valence-corrected chi connectivity index (χ1v) is 13.4. The number of nitrogens with one attached hydrogen (secondary N) is 1. The number of sulfonamides is 2. The van der Waals surface area contributed by atoms with Crippen LogP contribution in [-0.4, -0.2) is 51.8 Å². The molecule has 2 heterocycles. The van der Waals surface area contributed by atoms with Crippen molar-refractivity contribution in [2.45, 2.75) is 35.7 Å². The monoisotopic (exact) mass is 489 g/mol. The van der Waals surface area contributed by atoms with Gasteiger partial charge in [-0.25, -0.2) is 26.1 Å². The molecule has 4 rings (SSSR count). The molecule has 0 spiro atoms. The fourth-order valence-corrected chi connectivity index (χ4v) is 5.79. The average Bonchev–Trinajstić information content (AvgIpc) is 3.35. The highest BCUT2D eigenvalue weighted by Gasteiger charge is 2.21. The molecule has 11 heteroatoms. The van der Waals surface area contributed by atoms with Crippen LogP contribution in [-0.2, 0) is 39.6 Å². The summed E-state index contributed by atoms with van der Waals surface area (Å²) < 4.78 is 56.4. The van der Waals surface area contributed by atoms with E-state index in [0.29, 0.717) is 17.9 Å². The van der Waals surface area contributed by atoms with Crippen molar-refractivity contribution in [3.8, 4) is 0 Å². The van der Waals surface area contributed by atoms with E-state index >= 15 is 0 Å². The van der Waals surface area contributed by atoms with Gasteiger partial charge in [0.2, 0.25) is 10.0 Å². The number of aryl methyl sites for hydroxylation is 2. The third kappa shape index (κ3) is 4.75. The number of hydrogen-bond donors (Lipinski definition) is 1. The quantitative estimate of drug-likeness (QED) is 0.521. The summed E-state index contributed by atoms with van der Waals surface area (Å²) in [6.45, 7) is 1.52. The lowest BCUT2D eigenvalue weighted by atomic mass is 10.2. The fraction of sp³-hybridized carbons (Fsp3) is 0.318. The zero-order chi connectivity index (χ0) is 23.8. The molecule has 0 atom stereocenters. The molecule has 3 aromatic rings. The maximum absolute atomic E-state index is 13.0. The van der Waals surface area contributed by atoms with Gasteiger partial charge in [-0.15, -0.1) is 0 Å². The lowest BCUT2D eigenvalue weighted by molar-refractivity contribution is 0.520. The Morgan fingerprint density at radius 3 is 2.30 bits per heavy atom. The maximum atomic E-state index is 13.0. The first-order valence-electron chi connectivity index (χ1n) is 10.5. The Labute approximate surface area is 194 Å². The van der Waals surface area contributed by atoms with Crippen molar-refractivity contribution in [3.05, 3.63) is 66.2 Å². The summed E-state index contributed by atoms with van der Waals surface area (Å²) in [4.78, 5) is 6.63. The second-order valence-electron chi connectivity index (χ2n) is 8.18. The van der Waals surface area contributed by atoms with Gasteiger partial charge in [0.05, 0.1) is 33.4 Å². The Bertz CT molecular complexity index is 1340. The number of fused-ring (bicyclic) bond motifs is 1. The summed E-state index contributed by atoms with van der Waals surface area (Å²) >= 11 is 0. The predicted molar refractivity (Wildman–Crippen MR) is 127 cm³/mol. The highest BCUT2D eigenvalue weighted by molar-refractivity contribution is 7.92. The average molecular weight is 490 g/mol. The van der Waals surface area contributed by atoms with Crippen LogP contribution in [0.5, 0.6) is 0 Å². The van der Waals surface area contributed by atoms with Gasteiger partial charge in [-0.3, -0.25) is 4.72 Å². The molecule has 9 nitrogen and oxygen atoms in total. The van der Waals surface area contributed by atoms with Gasteiger partial charge in [-0.2, -0.15) is 0 Å².